The van der Waals surface area contributed by atoms with Crippen molar-refractivity contribution in [3.8, 4) is 0 Å². The highest BCUT2D eigenvalue weighted by atomic mass is 16.6. The van der Waals surface area contributed by atoms with Crippen molar-refractivity contribution in [1.82, 2.24) is 0 Å². The molecule has 0 spiro atoms. The lowest BCUT2D eigenvalue weighted by Crippen LogP contribution is -2.28. The average molecular weight is 902 g/mol. The summed E-state index contributed by atoms with van der Waals surface area (Å²) in [5, 5.41) is 9.64. The topological polar surface area (TPSA) is 72.8 Å². The molecule has 0 rings (SSSR count). The van der Waals surface area contributed by atoms with Crippen LogP contribution < -0.4 is 0 Å². The molecule has 0 fully saturated rings. The van der Waals surface area contributed by atoms with Gasteiger partial charge in [0.15, 0.2) is 6.10 Å². The molecule has 0 saturated heterocycles. The quantitative estimate of drug-likeness (QED) is 0.0374. The van der Waals surface area contributed by atoms with Gasteiger partial charge in [0.1, 0.15) is 6.61 Å². The van der Waals surface area contributed by atoms with E-state index >= 15 is 0 Å². The Hall–Kier alpha value is -1.62. The Bertz CT molecular complexity index is 974. The third kappa shape index (κ3) is 53.0. The number of aliphatic hydroxyl groups excluding tert-OH is 1. The minimum Gasteiger partial charge on any atom is -0.462 e. The zero-order valence-electron chi connectivity index (χ0n) is 43.3. The molecule has 5 nitrogen and oxygen atoms in total. The largest absolute Gasteiger partial charge is 0.462 e. The molecule has 378 valence electrons. The van der Waals surface area contributed by atoms with E-state index in [1.165, 1.54) is 257 Å². The Balaban J connectivity index is 3.40. The highest BCUT2D eigenvalue weighted by molar-refractivity contribution is 5.70. The van der Waals surface area contributed by atoms with Gasteiger partial charge in [-0.15, -0.1) is 0 Å². The number of hydrogen-bond acceptors (Lipinski definition) is 5. The smallest absolute Gasteiger partial charge is 0.306 e. The minimum absolute atomic E-state index is 0.0620. The van der Waals surface area contributed by atoms with Gasteiger partial charge in [-0.2, -0.15) is 0 Å². The van der Waals surface area contributed by atoms with Crippen LogP contribution in [-0.4, -0.2) is 36.4 Å². The lowest BCUT2D eigenvalue weighted by molar-refractivity contribution is -0.161. The minimum atomic E-state index is -0.771. The van der Waals surface area contributed by atoms with Crippen molar-refractivity contribution in [2.75, 3.05) is 13.2 Å². The Morgan fingerprint density at radius 3 is 0.953 bits per heavy atom. The van der Waals surface area contributed by atoms with Crippen molar-refractivity contribution >= 4 is 11.9 Å². The lowest BCUT2D eigenvalue weighted by Gasteiger charge is -2.15. The van der Waals surface area contributed by atoms with Crippen molar-refractivity contribution in [3.63, 3.8) is 0 Å². The maximum atomic E-state index is 12.3. The van der Waals surface area contributed by atoms with Crippen molar-refractivity contribution in [3.05, 3.63) is 24.3 Å². The van der Waals surface area contributed by atoms with Crippen LogP contribution in [0.15, 0.2) is 24.3 Å². The summed E-state index contributed by atoms with van der Waals surface area (Å²) in [6.45, 7) is 4.16. The fourth-order valence-corrected chi connectivity index (χ4v) is 8.88. The monoisotopic (exact) mass is 901 g/mol. The van der Waals surface area contributed by atoms with Crippen LogP contribution in [0.3, 0.4) is 0 Å². The van der Waals surface area contributed by atoms with E-state index in [0.29, 0.717) is 12.8 Å². The zero-order chi connectivity index (χ0) is 46.3. The van der Waals surface area contributed by atoms with E-state index in [4.69, 9.17) is 9.47 Å². The predicted octanol–water partition coefficient (Wildman–Crippen LogP) is 19.3. The van der Waals surface area contributed by atoms with E-state index in [-0.39, 0.29) is 25.2 Å². The second-order valence-electron chi connectivity index (χ2n) is 19.7. The molecule has 0 radical (unpaired) electrons. The summed E-state index contributed by atoms with van der Waals surface area (Å²) < 4.78 is 10.7. The highest BCUT2D eigenvalue weighted by Crippen LogP contribution is 2.18. The summed E-state index contributed by atoms with van der Waals surface area (Å²) in [6, 6.07) is 0. The molecule has 5 heteroatoms. The van der Waals surface area contributed by atoms with E-state index in [0.717, 1.165) is 38.5 Å². The number of allylic oxidation sites excluding steroid dienone is 4. The number of ether oxygens (including phenoxy) is 2. The second kappa shape index (κ2) is 55.7. The molecule has 0 aliphatic rings. The predicted molar refractivity (Wildman–Crippen MR) is 279 cm³/mol. The molecule has 0 aromatic rings. The summed E-state index contributed by atoms with van der Waals surface area (Å²) in [6.07, 6.45) is 70.2. The van der Waals surface area contributed by atoms with Gasteiger partial charge >= 0.3 is 11.9 Å². The van der Waals surface area contributed by atoms with Gasteiger partial charge in [-0.05, 0) is 44.9 Å². The fraction of sp³-hybridized carbons (Fsp3) is 0.898. The first-order chi connectivity index (χ1) is 31.6. The second-order valence-corrected chi connectivity index (χ2v) is 19.7. The molecule has 1 unspecified atom stereocenters. The van der Waals surface area contributed by atoms with Crippen LogP contribution >= 0.6 is 0 Å². The first-order valence-electron chi connectivity index (χ1n) is 28.9. The third-order valence-corrected chi connectivity index (χ3v) is 13.2. The summed E-state index contributed by atoms with van der Waals surface area (Å²) in [5.41, 5.74) is 0. The van der Waals surface area contributed by atoms with Gasteiger partial charge in [-0.25, -0.2) is 0 Å². The van der Waals surface area contributed by atoms with Crippen LogP contribution in [0.1, 0.15) is 322 Å². The maximum absolute atomic E-state index is 12.3. The van der Waals surface area contributed by atoms with Crippen LogP contribution in [0.25, 0.3) is 0 Å². The molecule has 0 aliphatic carbocycles. The summed E-state index contributed by atoms with van der Waals surface area (Å²) in [7, 11) is 0. The molecule has 0 aromatic carbocycles. The van der Waals surface area contributed by atoms with Crippen LogP contribution in [-0.2, 0) is 19.1 Å². The summed E-state index contributed by atoms with van der Waals surface area (Å²) in [4.78, 5) is 24.5. The molecule has 1 atom stereocenters. The van der Waals surface area contributed by atoms with Gasteiger partial charge in [0, 0.05) is 12.8 Å². The molecule has 0 amide bonds. The molecule has 64 heavy (non-hydrogen) atoms. The number of hydrogen-bond donors (Lipinski definition) is 1. The van der Waals surface area contributed by atoms with Gasteiger partial charge in [0.2, 0.25) is 0 Å². The molecule has 0 aliphatic heterocycles. The number of carbonyl (C=O) groups excluding carboxylic acids is 2. The maximum Gasteiger partial charge on any atom is 0.306 e. The third-order valence-electron chi connectivity index (χ3n) is 13.2. The molecule has 0 saturated carbocycles. The SMILES string of the molecule is CCCCC/C=C\C/C=C\CCCCCCCCCCCC(=O)OC(CO)COC(=O)CCCCCCCCCCCCCCCCCCCCCCCCCCCCCCCCC. The van der Waals surface area contributed by atoms with Crippen molar-refractivity contribution in [2.24, 2.45) is 0 Å². The van der Waals surface area contributed by atoms with Crippen LogP contribution in [0, 0.1) is 0 Å². The van der Waals surface area contributed by atoms with Crippen molar-refractivity contribution in [1.29, 1.82) is 0 Å². The number of unbranched alkanes of at least 4 members (excludes halogenated alkanes) is 42. The molecule has 0 heterocycles. The van der Waals surface area contributed by atoms with Gasteiger partial charge in [0.25, 0.3) is 0 Å². The molecule has 1 N–H and O–H groups in total. The van der Waals surface area contributed by atoms with Crippen molar-refractivity contribution in [2.45, 2.75) is 328 Å². The Labute approximate surface area is 400 Å². The number of aliphatic hydroxyl groups is 1. The summed E-state index contributed by atoms with van der Waals surface area (Å²) >= 11 is 0. The fourth-order valence-electron chi connectivity index (χ4n) is 8.88. The summed E-state index contributed by atoms with van der Waals surface area (Å²) in [5.74, 6) is -0.577. The standard InChI is InChI=1S/C59H112O5/c1-3-5-7-9-11-13-15-17-19-21-23-24-25-26-27-28-29-30-31-32-33-34-36-37-39-41-43-45-47-49-51-53-58(61)63-56-57(55-60)64-59(62)54-52-50-48-46-44-42-40-38-35-22-20-18-16-14-12-10-8-6-4-2/h12,14,18,20,57,60H,3-11,13,15-17,19,21-56H2,1-2H3/b14-12-,20-18-. The van der Waals surface area contributed by atoms with E-state index < -0.39 is 6.10 Å². The van der Waals surface area contributed by atoms with Gasteiger partial charge in [-0.1, -0.05) is 289 Å². The molecular formula is C59H112O5. The van der Waals surface area contributed by atoms with Gasteiger partial charge < -0.3 is 14.6 Å². The Morgan fingerprint density at radius 2 is 0.625 bits per heavy atom. The van der Waals surface area contributed by atoms with Crippen LogP contribution in [0.2, 0.25) is 0 Å². The van der Waals surface area contributed by atoms with Crippen LogP contribution in [0.5, 0.6) is 0 Å². The van der Waals surface area contributed by atoms with Gasteiger partial charge in [0.05, 0.1) is 6.61 Å². The first-order valence-corrected chi connectivity index (χ1v) is 28.9. The van der Waals surface area contributed by atoms with E-state index in [1.54, 1.807) is 0 Å². The van der Waals surface area contributed by atoms with E-state index in [2.05, 4.69) is 38.2 Å². The van der Waals surface area contributed by atoms with E-state index in [1.807, 2.05) is 0 Å². The molecule has 0 bridgehead atoms. The highest BCUT2D eigenvalue weighted by Gasteiger charge is 2.16. The Kier molecular flexibility index (Phi) is 54.3. The van der Waals surface area contributed by atoms with E-state index in [9.17, 15) is 14.7 Å². The van der Waals surface area contributed by atoms with Gasteiger partial charge in [-0.3, -0.25) is 9.59 Å². The lowest BCUT2D eigenvalue weighted by atomic mass is 10.0. The molecular weight excluding hydrogens is 789 g/mol. The normalized spacial score (nSPS) is 12.2. The number of esters is 2. The number of carbonyl (C=O) groups is 2. The van der Waals surface area contributed by atoms with Crippen LogP contribution in [0.4, 0.5) is 0 Å². The number of rotatable bonds is 54. The molecule has 0 aromatic heterocycles. The van der Waals surface area contributed by atoms with Crippen molar-refractivity contribution < 1.29 is 24.2 Å². The first kappa shape index (κ1) is 62.4. The Morgan fingerprint density at radius 1 is 0.359 bits per heavy atom. The average Bonchev–Trinajstić information content (AvgIpc) is 3.30. The zero-order valence-corrected chi connectivity index (χ0v) is 43.3.